The lowest BCUT2D eigenvalue weighted by molar-refractivity contribution is 0.0442. The van der Waals surface area contributed by atoms with Gasteiger partial charge in [0.2, 0.25) is 0 Å². The average molecular weight is 291 g/mol. The third-order valence-corrected chi connectivity index (χ3v) is 3.60. The summed E-state index contributed by atoms with van der Waals surface area (Å²) < 4.78 is 6.19. The zero-order chi connectivity index (χ0) is 15.9. The minimum absolute atomic E-state index is 0.113. The normalized spacial score (nSPS) is 13.7. The van der Waals surface area contributed by atoms with Crippen molar-refractivity contribution in [2.75, 3.05) is 13.2 Å². The fourth-order valence-electron chi connectivity index (χ4n) is 2.32. The highest BCUT2D eigenvalue weighted by Gasteiger charge is 2.17. The maximum Gasteiger partial charge on any atom is 0.0951 e. The van der Waals surface area contributed by atoms with Crippen LogP contribution in [-0.4, -0.2) is 18.7 Å². The van der Waals surface area contributed by atoms with Crippen LogP contribution in [-0.2, 0) is 4.74 Å². The number of aryl methyl sites for hydroxylation is 1. The molecule has 1 aromatic rings. The Morgan fingerprint density at radius 2 is 1.81 bits per heavy atom. The fraction of sp³-hybridized carbons (Fsp3) is 0.684. The second-order valence-electron chi connectivity index (χ2n) is 7.38. The van der Waals surface area contributed by atoms with Gasteiger partial charge in [0.1, 0.15) is 0 Å². The van der Waals surface area contributed by atoms with Crippen LogP contribution in [0.3, 0.4) is 0 Å². The minimum atomic E-state index is 0.113. The topological polar surface area (TPSA) is 21.3 Å². The first-order valence-electron chi connectivity index (χ1n) is 8.22. The summed E-state index contributed by atoms with van der Waals surface area (Å²) in [6, 6.07) is 8.54. The summed E-state index contributed by atoms with van der Waals surface area (Å²) in [7, 11) is 0. The van der Waals surface area contributed by atoms with E-state index in [1.165, 1.54) is 17.5 Å². The molecule has 0 saturated heterocycles. The van der Waals surface area contributed by atoms with Gasteiger partial charge in [-0.15, -0.1) is 0 Å². The number of nitrogens with one attached hydrogen (secondary N) is 1. The van der Waals surface area contributed by atoms with Crippen molar-refractivity contribution in [3.8, 4) is 0 Å². The SMILES string of the molecule is Cc1ccccc1C(CNC(C)(C)C)OCCCC(C)C. The van der Waals surface area contributed by atoms with Gasteiger partial charge in [0.25, 0.3) is 0 Å². The highest BCUT2D eigenvalue weighted by atomic mass is 16.5. The second kappa shape index (κ2) is 8.55. The van der Waals surface area contributed by atoms with Gasteiger partial charge >= 0.3 is 0 Å². The average Bonchev–Trinajstić information content (AvgIpc) is 2.37. The molecule has 1 rings (SSSR count). The maximum atomic E-state index is 6.19. The number of hydrogen-bond acceptors (Lipinski definition) is 2. The summed E-state index contributed by atoms with van der Waals surface area (Å²) >= 11 is 0. The first-order chi connectivity index (χ1) is 9.79. The molecule has 1 unspecified atom stereocenters. The van der Waals surface area contributed by atoms with Crippen molar-refractivity contribution in [3.05, 3.63) is 35.4 Å². The summed E-state index contributed by atoms with van der Waals surface area (Å²) in [6.45, 7) is 15.0. The Balaban J connectivity index is 2.64. The van der Waals surface area contributed by atoms with Crippen LogP contribution in [0, 0.1) is 12.8 Å². The van der Waals surface area contributed by atoms with Gasteiger partial charge in [0.05, 0.1) is 6.10 Å². The summed E-state index contributed by atoms with van der Waals surface area (Å²) in [4.78, 5) is 0. The Morgan fingerprint density at radius 1 is 1.14 bits per heavy atom. The molecule has 0 amide bonds. The van der Waals surface area contributed by atoms with Gasteiger partial charge in [-0.25, -0.2) is 0 Å². The van der Waals surface area contributed by atoms with E-state index in [0.717, 1.165) is 25.5 Å². The highest BCUT2D eigenvalue weighted by molar-refractivity contribution is 5.28. The van der Waals surface area contributed by atoms with Crippen molar-refractivity contribution >= 4 is 0 Å². The Hall–Kier alpha value is -0.860. The minimum Gasteiger partial charge on any atom is -0.372 e. The van der Waals surface area contributed by atoms with Gasteiger partial charge < -0.3 is 10.1 Å². The van der Waals surface area contributed by atoms with Crippen molar-refractivity contribution in [2.45, 2.75) is 66.0 Å². The second-order valence-corrected chi connectivity index (χ2v) is 7.38. The molecule has 1 aromatic carbocycles. The van der Waals surface area contributed by atoms with Crippen LogP contribution in [0.4, 0.5) is 0 Å². The van der Waals surface area contributed by atoms with Crippen molar-refractivity contribution in [1.29, 1.82) is 0 Å². The molecule has 0 aliphatic carbocycles. The van der Waals surface area contributed by atoms with E-state index in [0.29, 0.717) is 0 Å². The Labute approximate surface area is 131 Å². The highest BCUT2D eigenvalue weighted by Crippen LogP contribution is 2.22. The zero-order valence-corrected chi connectivity index (χ0v) is 14.7. The Kier molecular flexibility index (Phi) is 7.41. The monoisotopic (exact) mass is 291 g/mol. The van der Waals surface area contributed by atoms with Crippen LogP contribution >= 0.6 is 0 Å². The molecular formula is C19H33NO. The van der Waals surface area contributed by atoms with E-state index < -0.39 is 0 Å². The van der Waals surface area contributed by atoms with Gasteiger partial charge in [0.15, 0.2) is 0 Å². The standard InChI is InChI=1S/C19H33NO/c1-15(2)10-9-13-21-18(14-20-19(4,5)6)17-12-8-7-11-16(17)3/h7-8,11-12,15,18,20H,9-10,13-14H2,1-6H3. The van der Waals surface area contributed by atoms with Gasteiger partial charge in [0, 0.05) is 18.7 Å². The molecule has 0 heterocycles. The van der Waals surface area contributed by atoms with E-state index in [2.05, 4.69) is 71.1 Å². The number of benzene rings is 1. The molecule has 0 fully saturated rings. The number of hydrogen-bond donors (Lipinski definition) is 1. The van der Waals surface area contributed by atoms with Crippen molar-refractivity contribution in [1.82, 2.24) is 5.32 Å². The molecule has 0 aliphatic rings. The Bertz CT molecular complexity index is 406. The third-order valence-electron chi connectivity index (χ3n) is 3.60. The lowest BCUT2D eigenvalue weighted by Gasteiger charge is -2.27. The van der Waals surface area contributed by atoms with Crippen LogP contribution in [0.2, 0.25) is 0 Å². The van der Waals surface area contributed by atoms with E-state index in [1.54, 1.807) is 0 Å². The number of ether oxygens (including phenoxy) is 1. The van der Waals surface area contributed by atoms with Crippen LogP contribution in [0.25, 0.3) is 0 Å². The molecule has 0 spiro atoms. The van der Waals surface area contributed by atoms with Gasteiger partial charge in [-0.2, -0.15) is 0 Å². The van der Waals surface area contributed by atoms with Crippen LogP contribution in [0.5, 0.6) is 0 Å². The molecule has 1 atom stereocenters. The van der Waals surface area contributed by atoms with E-state index in [9.17, 15) is 0 Å². The van der Waals surface area contributed by atoms with E-state index in [-0.39, 0.29) is 11.6 Å². The lowest BCUT2D eigenvalue weighted by Crippen LogP contribution is -2.39. The Morgan fingerprint density at radius 3 is 2.38 bits per heavy atom. The molecule has 2 heteroatoms. The molecule has 0 aliphatic heterocycles. The smallest absolute Gasteiger partial charge is 0.0951 e. The maximum absolute atomic E-state index is 6.19. The summed E-state index contributed by atoms with van der Waals surface area (Å²) in [5, 5.41) is 3.57. The fourth-order valence-corrected chi connectivity index (χ4v) is 2.32. The molecular weight excluding hydrogens is 258 g/mol. The quantitative estimate of drug-likeness (QED) is 0.689. The van der Waals surface area contributed by atoms with Gasteiger partial charge in [-0.05, 0) is 57.6 Å². The van der Waals surface area contributed by atoms with E-state index in [1.807, 2.05) is 0 Å². The molecule has 0 bridgehead atoms. The first kappa shape index (κ1) is 18.2. The van der Waals surface area contributed by atoms with E-state index >= 15 is 0 Å². The van der Waals surface area contributed by atoms with Crippen molar-refractivity contribution in [2.24, 2.45) is 5.92 Å². The molecule has 0 radical (unpaired) electrons. The summed E-state index contributed by atoms with van der Waals surface area (Å²) in [5.74, 6) is 0.748. The zero-order valence-electron chi connectivity index (χ0n) is 14.7. The molecule has 0 saturated carbocycles. The molecule has 0 aromatic heterocycles. The third kappa shape index (κ3) is 7.63. The summed E-state index contributed by atoms with van der Waals surface area (Å²) in [6.07, 6.45) is 2.50. The number of rotatable bonds is 8. The van der Waals surface area contributed by atoms with E-state index in [4.69, 9.17) is 4.74 Å². The van der Waals surface area contributed by atoms with Crippen LogP contribution in [0.15, 0.2) is 24.3 Å². The van der Waals surface area contributed by atoms with Gasteiger partial charge in [-0.3, -0.25) is 0 Å². The largest absolute Gasteiger partial charge is 0.372 e. The van der Waals surface area contributed by atoms with Crippen molar-refractivity contribution in [3.63, 3.8) is 0 Å². The van der Waals surface area contributed by atoms with Crippen LogP contribution < -0.4 is 5.32 Å². The molecule has 2 nitrogen and oxygen atoms in total. The predicted octanol–water partition coefficient (Wildman–Crippen LogP) is 4.88. The first-order valence-corrected chi connectivity index (χ1v) is 8.22. The lowest BCUT2D eigenvalue weighted by atomic mass is 10.0. The molecule has 1 N–H and O–H groups in total. The summed E-state index contributed by atoms with van der Waals surface area (Å²) in [5.41, 5.74) is 2.73. The van der Waals surface area contributed by atoms with Gasteiger partial charge in [-0.1, -0.05) is 38.1 Å². The predicted molar refractivity (Wildman–Crippen MR) is 91.7 cm³/mol. The van der Waals surface area contributed by atoms with Crippen LogP contribution in [0.1, 0.15) is 64.7 Å². The van der Waals surface area contributed by atoms with Crippen molar-refractivity contribution < 1.29 is 4.74 Å². The molecule has 120 valence electrons. The molecule has 21 heavy (non-hydrogen) atoms.